The fraction of sp³-hybridized carbons (Fsp3) is 0.600. The highest BCUT2D eigenvalue weighted by Gasteiger charge is 2.20. The van der Waals surface area contributed by atoms with E-state index in [-0.39, 0.29) is 0 Å². The van der Waals surface area contributed by atoms with Gasteiger partial charge in [0.1, 0.15) is 11.0 Å². The van der Waals surface area contributed by atoms with Crippen molar-refractivity contribution in [3.63, 3.8) is 0 Å². The van der Waals surface area contributed by atoms with Crippen molar-refractivity contribution in [2.75, 3.05) is 0 Å². The van der Waals surface area contributed by atoms with Gasteiger partial charge < -0.3 is 5.73 Å². The van der Waals surface area contributed by atoms with E-state index in [9.17, 15) is 0 Å². The van der Waals surface area contributed by atoms with E-state index in [1.807, 2.05) is 0 Å². The van der Waals surface area contributed by atoms with Crippen molar-refractivity contribution in [2.24, 2.45) is 5.73 Å². The number of halogens is 1. The number of hydrogen-bond donors (Lipinski definition) is 1. The van der Waals surface area contributed by atoms with Crippen LogP contribution in [0.4, 0.5) is 0 Å². The van der Waals surface area contributed by atoms with E-state index in [1.54, 1.807) is 6.20 Å². The maximum absolute atomic E-state index is 5.98. The number of rotatable bonds is 2. The topological polar surface area (TPSA) is 51.8 Å². The van der Waals surface area contributed by atoms with Gasteiger partial charge in [-0.3, -0.25) is 0 Å². The third-order valence-corrected chi connectivity index (χ3v) is 3.10. The van der Waals surface area contributed by atoms with Gasteiger partial charge in [0.25, 0.3) is 0 Å². The van der Waals surface area contributed by atoms with Gasteiger partial charge in [-0.25, -0.2) is 9.97 Å². The van der Waals surface area contributed by atoms with Crippen LogP contribution in [0, 0.1) is 0 Å². The molecule has 0 unspecified atom stereocenters. The average molecular weight is 212 g/mol. The van der Waals surface area contributed by atoms with Crippen molar-refractivity contribution in [3.8, 4) is 0 Å². The summed E-state index contributed by atoms with van der Waals surface area (Å²) in [6.07, 6.45) is 6.70. The van der Waals surface area contributed by atoms with Crippen LogP contribution in [-0.2, 0) is 6.54 Å². The highest BCUT2D eigenvalue weighted by Crippen LogP contribution is 2.32. The standard InChI is InChI=1S/C10H14ClN3/c11-9-8(5-12)6-13-10(14-9)7-3-1-2-4-7/h6-7H,1-5,12H2. The normalized spacial score (nSPS) is 17.6. The summed E-state index contributed by atoms with van der Waals surface area (Å²) in [5, 5.41) is 0.518. The molecule has 3 nitrogen and oxygen atoms in total. The third kappa shape index (κ3) is 1.88. The summed E-state index contributed by atoms with van der Waals surface area (Å²) < 4.78 is 0. The van der Waals surface area contributed by atoms with Gasteiger partial charge in [0, 0.05) is 24.2 Å². The van der Waals surface area contributed by atoms with Crippen LogP contribution in [0.15, 0.2) is 6.20 Å². The SMILES string of the molecule is NCc1cnc(C2CCCC2)nc1Cl. The maximum atomic E-state index is 5.98. The summed E-state index contributed by atoms with van der Waals surface area (Å²) in [4.78, 5) is 8.62. The van der Waals surface area contributed by atoms with E-state index < -0.39 is 0 Å². The molecular formula is C10H14ClN3. The Morgan fingerprint density at radius 1 is 1.43 bits per heavy atom. The largest absolute Gasteiger partial charge is 0.326 e. The Morgan fingerprint density at radius 3 is 2.71 bits per heavy atom. The molecule has 0 amide bonds. The lowest BCUT2D eigenvalue weighted by molar-refractivity contribution is 0.665. The summed E-state index contributed by atoms with van der Waals surface area (Å²) in [6.45, 7) is 0.407. The Labute approximate surface area is 88.7 Å². The zero-order valence-corrected chi connectivity index (χ0v) is 8.80. The number of hydrogen-bond acceptors (Lipinski definition) is 3. The van der Waals surface area contributed by atoms with Crippen LogP contribution in [-0.4, -0.2) is 9.97 Å². The Balaban J connectivity index is 2.23. The number of nitrogens with zero attached hydrogens (tertiary/aromatic N) is 2. The van der Waals surface area contributed by atoms with Crippen molar-refractivity contribution < 1.29 is 0 Å². The van der Waals surface area contributed by atoms with Gasteiger partial charge >= 0.3 is 0 Å². The molecule has 1 aromatic heterocycles. The van der Waals surface area contributed by atoms with Crippen molar-refractivity contribution in [2.45, 2.75) is 38.1 Å². The van der Waals surface area contributed by atoms with Gasteiger partial charge in [0.05, 0.1) is 0 Å². The van der Waals surface area contributed by atoms with E-state index in [2.05, 4.69) is 9.97 Å². The second-order valence-corrected chi connectivity index (χ2v) is 4.09. The first kappa shape index (κ1) is 9.87. The monoisotopic (exact) mass is 211 g/mol. The zero-order chi connectivity index (χ0) is 9.97. The van der Waals surface area contributed by atoms with Crippen LogP contribution in [0.3, 0.4) is 0 Å². The maximum Gasteiger partial charge on any atom is 0.137 e. The molecular weight excluding hydrogens is 198 g/mol. The molecule has 0 aromatic carbocycles. The lowest BCUT2D eigenvalue weighted by atomic mass is 10.1. The van der Waals surface area contributed by atoms with Gasteiger partial charge in [-0.15, -0.1) is 0 Å². The minimum Gasteiger partial charge on any atom is -0.326 e. The first-order valence-electron chi connectivity index (χ1n) is 5.02. The molecule has 2 N–H and O–H groups in total. The van der Waals surface area contributed by atoms with Gasteiger partial charge in [-0.05, 0) is 12.8 Å². The quantitative estimate of drug-likeness (QED) is 0.764. The number of aromatic nitrogens is 2. The summed E-state index contributed by atoms with van der Waals surface area (Å²) in [7, 11) is 0. The molecule has 1 heterocycles. The molecule has 1 aromatic rings. The van der Waals surface area contributed by atoms with Crippen LogP contribution in [0.2, 0.25) is 5.15 Å². The van der Waals surface area contributed by atoms with E-state index in [0.29, 0.717) is 17.6 Å². The molecule has 1 fully saturated rings. The average Bonchev–Trinajstić information content (AvgIpc) is 2.70. The highest BCUT2D eigenvalue weighted by atomic mass is 35.5. The van der Waals surface area contributed by atoms with E-state index in [0.717, 1.165) is 11.4 Å². The lowest BCUT2D eigenvalue weighted by Crippen LogP contribution is -2.05. The highest BCUT2D eigenvalue weighted by molar-refractivity contribution is 6.30. The molecule has 1 aliphatic rings. The molecule has 4 heteroatoms. The zero-order valence-electron chi connectivity index (χ0n) is 8.04. The molecule has 1 saturated carbocycles. The van der Waals surface area contributed by atoms with Crippen molar-refractivity contribution in [3.05, 3.63) is 22.7 Å². The molecule has 0 radical (unpaired) electrons. The first-order valence-corrected chi connectivity index (χ1v) is 5.40. The molecule has 0 bridgehead atoms. The Morgan fingerprint density at radius 2 is 2.14 bits per heavy atom. The Bertz CT molecular complexity index is 321. The third-order valence-electron chi connectivity index (χ3n) is 2.77. The molecule has 1 aliphatic carbocycles. The first-order chi connectivity index (χ1) is 6.81. The molecule has 76 valence electrons. The van der Waals surface area contributed by atoms with Gasteiger partial charge in [0.15, 0.2) is 0 Å². The van der Waals surface area contributed by atoms with Crippen LogP contribution in [0.25, 0.3) is 0 Å². The van der Waals surface area contributed by atoms with Crippen molar-refractivity contribution in [1.29, 1.82) is 0 Å². The van der Waals surface area contributed by atoms with Crippen molar-refractivity contribution in [1.82, 2.24) is 9.97 Å². The summed E-state index contributed by atoms with van der Waals surface area (Å²) in [6, 6.07) is 0. The fourth-order valence-electron chi connectivity index (χ4n) is 1.92. The second-order valence-electron chi connectivity index (χ2n) is 3.73. The van der Waals surface area contributed by atoms with Crippen molar-refractivity contribution >= 4 is 11.6 Å². The van der Waals surface area contributed by atoms with Gasteiger partial charge in [0.2, 0.25) is 0 Å². The fourth-order valence-corrected chi connectivity index (χ4v) is 2.13. The lowest BCUT2D eigenvalue weighted by Gasteiger charge is -2.08. The molecule has 0 aliphatic heterocycles. The Kier molecular flexibility index (Phi) is 2.99. The van der Waals surface area contributed by atoms with E-state index in [1.165, 1.54) is 25.7 Å². The summed E-state index contributed by atoms with van der Waals surface area (Å²) in [5.41, 5.74) is 6.32. The van der Waals surface area contributed by atoms with Crippen LogP contribution < -0.4 is 5.73 Å². The minimum atomic E-state index is 0.407. The molecule has 0 atom stereocenters. The molecule has 2 rings (SSSR count). The molecule has 0 saturated heterocycles. The van der Waals surface area contributed by atoms with Crippen LogP contribution in [0.1, 0.15) is 43.0 Å². The van der Waals surface area contributed by atoms with E-state index in [4.69, 9.17) is 17.3 Å². The van der Waals surface area contributed by atoms with Gasteiger partial charge in [-0.2, -0.15) is 0 Å². The summed E-state index contributed by atoms with van der Waals surface area (Å²) >= 11 is 5.98. The molecule has 14 heavy (non-hydrogen) atoms. The van der Waals surface area contributed by atoms with Gasteiger partial charge in [-0.1, -0.05) is 24.4 Å². The smallest absolute Gasteiger partial charge is 0.137 e. The van der Waals surface area contributed by atoms with Crippen LogP contribution >= 0.6 is 11.6 Å². The van der Waals surface area contributed by atoms with Crippen LogP contribution in [0.5, 0.6) is 0 Å². The van der Waals surface area contributed by atoms with E-state index >= 15 is 0 Å². The predicted molar refractivity (Wildman–Crippen MR) is 56.1 cm³/mol. The summed E-state index contributed by atoms with van der Waals surface area (Å²) in [5.74, 6) is 1.41. The number of nitrogens with two attached hydrogens (primary N) is 1. The Hall–Kier alpha value is -0.670. The predicted octanol–water partition coefficient (Wildman–Crippen LogP) is 2.25. The molecule has 0 spiro atoms. The minimum absolute atomic E-state index is 0.407. The second kappa shape index (κ2) is 4.24.